The first-order valence-corrected chi connectivity index (χ1v) is 6.66. The van der Waals surface area contributed by atoms with Crippen molar-refractivity contribution < 1.29 is 17.2 Å². The lowest BCUT2D eigenvalue weighted by Gasteiger charge is -2.17. The van der Waals surface area contributed by atoms with Crippen LogP contribution in [0.1, 0.15) is 12.8 Å². The monoisotopic (exact) mass is 262 g/mol. The zero-order valence-corrected chi connectivity index (χ0v) is 9.80. The zero-order valence-electron chi connectivity index (χ0n) is 8.99. The topological polar surface area (TPSA) is 49.4 Å². The smallest absolute Gasteiger partial charge is 0.265 e. The molecular weight excluding hydrogens is 250 g/mol. The minimum atomic E-state index is -3.85. The summed E-state index contributed by atoms with van der Waals surface area (Å²) in [5.41, 5.74) is -0.626. The maximum absolute atomic E-state index is 13.3. The average Bonchev–Trinajstić information content (AvgIpc) is 2.77. The number of nitrogens with zero attached hydrogens (tertiary/aromatic N) is 1. The Kier molecular flexibility index (Phi) is 3.30. The Morgan fingerprint density at radius 3 is 2.18 bits per heavy atom. The van der Waals surface area contributed by atoms with Crippen LogP contribution in [0.25, 0.3) is 0 Å². The van der Waals surface area contributed by atoms with Gasteiger partial charge in [0.2, 0.25) is 0 Å². The molecule has 1 aliphatic rings. The SMILES string of the molecule is O=S(=O)(Nc1c(F)cccc1F)N1CCCC1. The van der Waals surface area contributed by atoms with E-state index in [1.807, 2.05) is 4.72 Å². The van der Waals surface area contributed by atoms with Crippen molar-refractivity contribution in [3.8, 4) is 0 Å². The molecule has 1 N–H and O–H groups in total. The van der Waals surface area contributed by atoms with Crippen LogP contribution in [0.5, 0.6) is 0 Å². The van der Waals surface area contributed by atoms with Crippen LogP contribution in [0.4, 0.5) is 14.5 Å². The summed E-state index contributed by atoms with van der Waals surface area (Å²) in [7, 11) is -3.85. The van der Waals surface area contributed by atoms with Gasteiger partial charge in [0.15, 0.2) is 0 Å². The molecule has 0 atom stereocenters. The molecule has 0 unspecified atom stereocenters. The molecule has 94 valence electrons. The van der Waals surface area contributed by atoms with Gasteiger partial charge >= 0.3 is 10.2 Å². The van der Waals surface area contributed by atoms with Crippen LogP contribution in [0.3, 0.4) is 0 Å². The van der Waals surface area contributed by atoms with Crippen molar-refractivity contribution in [3.63, 3.8) is 0 Å². The highest BCUT2D eigenvalue weighted by atomic mass is 32.2. The van der Waals surface area contributed by atoms with E-state index in [1.54, 1.807) is 0 Å². The molecule has 0 saturated carbocycles. The van der Waals surface area contributed by atoms with E-state index in [0.717, 1.165) is 25.0 Å². The van der Waals surface area contributed by atoms with Gasteiger partial charge in [0.25, 0.3) is 0 Å². The molecule has 0 aromatic heterocycles. The van der Waals surface area contributed by atoms with E-state index in [9.17, 15) is 17.2 Å². The lowest BCUT2D eigenvalue weighted by atomic mass is 10.3. The Hall–Kier alpha value is -1.21. The summed E-state index contributed by atoms with van der Waals surface area (Å²) in [6.07, 6.45) is 1.53. The van der Waals surface area contributed by atoms with Crippen molar-refractivity contribution in [2.24, 2.45) is 0 Å². The highest BCUT2D eigenvalue weighted by molar-refractivity contribution is 7.90. The van der Waals surface area contributed by atoms with E-state index >= 15 is 0 Å². The van der Waals surface area contributed by atoms with Gasteiger partial charge in [-0.25, -0.2) is 8.78 Å². The molecule has 1 saturated heterocycles. The first-order chi connectivity index (χ1) is 8.00. The fourth-order valence-electron chi connectivity index (χ4n) is 1.72. The minimum absolute atomic E-state index is 0.380. The largest absolute Gasteiger partial charge is 0.301 e. The van der Waals surface area contributed by atoms with E-state index in [4.69, 9.17) is 0 Å². The normalized spacial score (nSPS) is 17.3. The molecule has 0 aliphatic carbocycles. The lowest BCUT2D eigenvalue weighted by molar-refractivity contribution is 0.481. The van der Waals surface area contributed by atoms with Crippen molar-refractivity contribution in [1.82, 2.24) is 4.31 Å². The van der Waals surface area contributed by atoms with Crippen LogP contribution in [0.15, 0.2) is 18.2 Å². The molecule has 0 radical (unpaired) electrons. The van der Waals surface area contributed by atoms with Crippen molar-refractivity contribution in [3.05, 3.63) is 29.8 Å². The molecule has 4 nitrogen and oxygen atoms in total. The predicted molar refractivity (Wildman–Crippen MR) is 59.7 cm³/mol. The van der Waals surface area contributed by atoms with E-state index < -0.39 is 27.5 Å². The maximum Gasteiger partial charge on any atom is 0.301 e. The molecule has 0 amide bonds. The number of hydrogen-bond acceptors (Lipinski definition) is 2. The number of hydrogen-bond donors (Lipinski definition) is 1. The predicted octanol–water partition coefficient (Wildman–Crippen LogP) is 1.72. The van der Waals surface area contributed by atoms with Crippen LogP contribution >= 0.6 is 0 Å². The van der Waals surface area contributed by atoms with Crippen molar-refractivity contribution in [2.45, 2.75) is 12.8 Å². The average molecular weight is 262 g/mol. The Morgan fingerprint density at radius 1 is 1.12 bits per heavy atom. The number of anilines is 1. The number of halogens is 2. The van der Waals surface area contributed by atoms with Crippen LogP contribution in [-0.4, -0.2) is 25.8 Å². The summed E-state index contributed by atoms with van der Waals surface area (Å²) in [6, 6.07) is 3.19. The summed E-state index contributed by atoms with van der Waals surface area (Å²) in [5.74, 6) is -1.85. The van der Waals surface area contributed by atoms with Crippen LogP contribution in [0.2, 0.25) is 0 Å². The van der Waals surface area contributed by atoms with Crippen LogP contribution < -0.4 is 4.72 Å². The van der Waals surface area contributed by atoms with E-state index in [2.05, 4.69) is 0 Å². The van der Waals surface area contributed by atoms with E-state index in [1.165, 1.54) is 10.4 Å². The van der Waals surface area contributed by atoms with Gasteiger partial charge in [0, 0.05) is 13.1 Å². The fourth-order valence-corrected chi connectivity index (χ4v) is 3.04. The zero-order chi connectivity index (χ0) is 12.5. The Morgan fingerprint density at radius 2 is 1.65 bits per heavy atom. The molecule has 1 heterocycles. The second-order valence-electron chi connectivity index (χ2n) is 3.81. The maximum atomic E-state index is 13.3. The first kappa shape index (κ1) is 12.3. The third-order valence-corrected chi connectivity index (χ3v) is 4.11. The fraction of sp³-hybridized carbons (Fsp3) is 0.400. The number of benzene rings is 1. The molecule has 1 aromatic carbocycles. The van der Waals surface area contributed by atoms with Gasteiger partial charge in [-0.3, -0.25) is 4.72 Å². The number of para-hydroxylation sites is 1. The van der Waals surface area contributed by atoms with Gasteiger partial charge in [0.1, 0.15) is 17.3 Å². The van der Waals surface area contributed by atoms with Crippen molar-refractivity contribution in [1.29, 1.82) is 0 Å². The standard InChI is InChI=1S/C10H12F2N2O2S/c11-8-4-3-5-9(12)10(8)13-17(15,16)14-6-1-2-7-14/h3-5,13H,1-2,6-7H2. The van der Waals surface area contributed by atoms with Crippen molar-refractivity contribution >= 4 is 15.9 Å². The van der Waals surface area contributed by atoms with Gasteiger partial charge in [-0.2, -0.15) is 12.7 Å². The van der Waals surface area contributed by atoms with Gasteiger partial charge in [-0.15, -0.1) is 0 Å². The molecule has 1 aromatic rings. The highest BCUT2D eigenvalue weighted by Gasteiger charge is 2.26. The van der Waals surface area contributed by atoms with Gasteiger partial charge in [0.05, 0.1) is 0 Å². The third-order valence-electron chi connectivity index (χ3n) is 2.60. The summed E-state index contributed by atoms with van der Waals surface area (Å²) < 4.78 is 53.3. The van der Waals surface area contributed by atoms with Crippen molar-refractivity contribution in [2.75, 3.05) is 17.8 Å². The molecule has 1 fully saturated rings. The number of nitrogens with one attached hydrogen (secondary N) is 1. The molecule has 7 heteroatoms. The van der Waals surface area contributed by atoms with Gasteiger partial charge < -0.3 is 0 Å². The third kappa shape index (κ3) is 2.55. The summed E-state index contributed by atoms with van der Waals surface area (Å²) in [4.78, 5) is 0. The van der Waals surface area contributed by atoms with Crippen LogP contribution in [-0.2, 0) is 10.2 Å². The minimum Gasteiger partial charge on any atom is -0.265 e. The molecule has 0 spiro atoms. The first-order valence-electron chi connectivity index (χ1n) is 5.22. The van der Waals surface area contributed by atoms with Gasteiger partial charge in [-0.05, 0) is 25.0 Å². The van der Waals surface area contributed by atoms with Crippen LogP contribution in [0, 0.1) is 11.6 Å². The molecule has 17 heavy (non-hydrogen) atoms. The Bertz CT molecular complexity index is 493. The Balaban J connectivity index is 2.26. The molecular formula is C10H12F2N2O2S. The Labute approximate surface area is 98.4 Å². The summed E-state index contributed by atoms with van der Waals surface area (Å²) >= 11 is 0. The van der Waals surface area contributed by atoms with E-state index in [-0.39, 0.29) is 0 Å². The van der Waals surface area contributed by atoms with E-state index in [0.29, 0.717) is 13.1 Å². The lowest BCUT2D eigenvalue weighted by Crippen LogP contribution is -2.33. The molecule has 0 bridgehead atoms. The summed E-state index contributed by atoms with van der Waals surface area (Å²) in [5, 5.41) is 0. The second-order valence-corrected chi connectivity index (χ2v) is 5.48. The highest BCUT2D eigenvalue weighted by Crippen LogP contribution is 2.22. The molecule has 2 rings (SSSR count). The summed E-state index contributed by atoms with van der Waals surface area (Å²) in [6.45, 7) is 0.761. The molecule has 1 aliphatic heterocycles. The van der Waals surface area contributed by atoms with Gasteiger partial charge in [-0.1, -0.05) is 6.07 Å². The number of rotatable bonds is 3. The quantitative estimate of drug-likeness (QED) is 0.901. The second kappa shape index (κ2) is 4.58.